The van der Waals surface area contributed by atoms with Crippen molar-refractivity contribution in [2.24, 2.45) is 5.92 Å². The number of hydrogen-bond acceptors (Lipinski definition) is 1. The molecule has 0 aliphatic carbocycles. The van der Waals surface area contributed by atoms with Crippen molar-refractivity contribution in [2.45, 2.75) is 32.6 Å². The van der Waals surface area contributed by atoms with Crippen LogP contribution in [-0.4, -0.2) is 18.3 Å². The summed E-state index contributed by atoms with van der Waals surface area (Å²) < 4.78 is 1.00. The molecule has 0 fully saturated rings. The second-order valence-corrected chi connectivity index (χ2v) is 6.04. The predicted molar refractivity (Wildman–Crippen MR) is 84.6 cm³/mol. The summed E-state index contributed by atoms with van der Waals surface area (Å²) in [4.78, 5) is 11.9. The van der Waals surface area contributed by atoms with E-state index in [0.29, 0.717) is 18.2 Å². The van der Waals surface area contributed by atoms with Crippen LogP contribution in [0.5, 0.6) is 0 Å². The summed E-state index contributed by atoms with van der Waals surface area (Å²) in [5, 5.41) is 3.01. The number of nitrogens with one attached hydrogen (secondary N) is 1. The molecule has 0 radical (unpaired) electrons. The Hall–Kier alpha value is -0.540. The van der Waals surface area contributed by atoms with E-state index < -0.39 is 0 Å². The van der Waals surface area contributed by atoms with Gasteiger partial charge < -0.3 is 5.32 Å². The molecule has 0 aliphatic rings. The lowest BCUT2D eigenvalue weighted by Gasteiger charge is -2.15. The van der Waals surface area contributed by atoms with E-state index in [1.807, 2.05) is 24.3 Å². The highest BCUT2D eigenvalue weighted by Crippen LogP contribution is 2.13. The Balaban J connectivity index is 2.38. The molecule has 1 aromatic rings. The lowest BCUT2D eigenvalue weighted by Crippen LogP contribution is -2.30. The van der Waals surface area contributed by atoms with Gasteiger partial charge in [0, 0.05) is 16.9 Å². The molecule has 0 bridgehead atoms. The largest absolute Gasteiger partial charge is 0.356 e. The summed E-state index contributed by atoms with van der Waals surface area (Å²) in [6.45, 7) is 2.89. The van der Waals surface area contributed by atoms with Gasteiger partial charge in [0.2, 0.25) is 5.91 Å². The molecule has 1 rings (SSSR count). The minimum Gasteiger partial charge on any atom is -0.356 e. The summed E-state index contributed by atoms with van der Waals surface area (Å²) >= 11 is 9.19. The highest BCUT2D eigenvalue weighted by atomic mass is 79.9. The molecule has 1 N–H and O–H groups in total. The highest BCUT2D eigenvalue weighted by Gasteiger charge is 2.09. The first-order valence-electron chi connectivity index (χ1n) is 6.72. The molecule has 1 unspecified atom stereocenters. The smallest absolute Gasteiger partial charge is 0.224 e. The zero-order valence-electron chi connectivity index (χ0n) is 11.3. The second kappa shape index (κ2) is 9.38. The van der Waals surface area contributed by atoms with Crippen LogP contribution in [0.3, 0.4) is 0 Å². The lowest BCUT2D eigenvalue weighted by molar-refractivity contribution is -0.120. The molecular formula is C15H21BrClNO. The number of halogens is 2. The molecule has 2 nitrogen and oxygen atoms in total. The Morgan fingerprint density at radius 2 is 2.21 bits per heavy atom. The first-order chi connectivity index (χ1) is 9.15. The highest BCUT2D eigenvalue weighted by molar-refractivity contribution is 9.10. The molecule has 1 amide bonds. The van der Waals surface area contributed by atoms with E-state index in [2.05, 4.69) is 28.2 Å². The monoisotopic (exact) mass is 345 g/mol. The van der Waals surface area contributed by atoms with E-state index in [1.54, 1.807) is 0 Å². The minimum absolute atomic E-state index is 0.0776. The van der Waals surface area contributed by atoms with E-state index in [4.69, 9.17) is 11.6 Å². The first kappa shape index (κ1) is 16.5. The predicted octanol–water partition coefficient (Wildman–Crippen LogP) is 4.15. The third-order valence-corrected chi connectivity index (χ3v) is 3.77. The molecule has 0 aliphatic heterocycles. The van der Waals surface area contributed by atoms with Crippen molar-refractivity contribution in [3.05, 3.63) is 34.3 Å². The van der Waals surface area contributed by atoms with Crippen molar-refractivity contribution < 1.29 is 4.79 Å². The number of carbonyl (C=O) groups excluding carboxylic acids is 1. The summed E-state index contributed by atoms with van der Waals surface area (Å²) in [7, 11) is 0. The Morgan fingerprint density at radius 3 is 2.84 bits per heavy atom. The standard InChI is InChI=1S/C15H21BrClNO/c1-2-4-12(7-8-17)11-18-15(19)10-13-5-3-6-14(16)9-13/h3,5-6,9,12H,2,4,7-8,10-11H2,1H3,(H,18,19). The van der Waals surface area contributed by atoms with Crippen molar-refractivity contribution >= 4 is 33.4 Å². The zero-order valence-corrected chi connectivity index (χ0v) is 13.6. The van der Waals surface area contributed by atoms with Crippen LogP contribution in [0.25, 0.3) is 0 Å². The number of carbonyl (C=O) groups is 1. The molecule has 0 saturated heterocycles. The third kappa shape index (κ3) is 6.98. The van der Waals surface area contributed by atoms with E-state index in [9.17, 15) is 4.79 Å². The number of benzene rings is 1. The van der Waals surface area contributed by atoms with Crippen LogP contribution >= 0.6 is 27.5 Å². The van der Waals surface area contributed by atoms with Crippen molar-refractivity contribution in [3.8, 4) is 0 Å². The van der Waals surface area contributed by atoms with Gasteiger partial charge in [0.1, 0.15) is 0 Å². The third-order valence-electron chi connectivity index (χ3n) is 3.06. The van der Waals surface area contributed by atoms with Gasteiger partial charge in [0.05, 0.1) is 6.42 Å². The first-order valence-corrected chi connectivity index (χ1v) is 8.05. The molecule has 1 atom stereocenters. The van der Waals surface area contributed by atoms with Gasteiger partial charge in [-0.3, -0.25) is 4.79 Å². The van der Waals surface area contributed by atoms with Gasteiger partial charge in [-0.15, -0.1) is 11.6 Å². The van der Waals surface area contributed by atoms with E-state index in [-0.39, 0.29) is 5.91 Å². The maximum absolute atomic E-state index is 11.9. The second-order valence-electron chi connectivity index (χ2n) is 4.74. The summed E-state index contributed by atoms with van der Waals surface area (Å²) in [5.74, 6) is 1.23. The molecule has 4 heteroatoms. The summed E-state index contributed by atoms with van der Waals surface area (Å²) in [6, 6.07) is 7.84. The Bertz CT molecular complexity index is 391. The van der Waals surface area contributed by atoms with E-state index in [1.165, 1.54) is 0 Å². The van der Waals surface area contributed by atoms with Crippen LogP contribution in [-0.2, 0) is 11.2 Å². The van der Waals surface area contributed by atoms with Crippen LogP contribution in [0.1, 0.15) is 31.7 Å². The molecular weight excluding hydrogens is 326 g/mol. The van der Waals surface area contributed by atoms with Gasteiger partial charge in [-0.1, -0.05) is 41.4 Å². The van der Waals surface area contributed by atoms with Crippen molar-refractivity contribution in [1.29, 1.82) is 0 Å². The number of hydrogen-bond donors (Lipinski definition) is 1. The Morgan fingerprint density at radius 1 is 1.42 bits per heavy atom. The topological polar surface area (TPSA) is 29.1 Å². The summed E-state index contributed by atoms with van der Waals surface area (Å²) in [6.07, 6.45) is 3.64. The van der Waals surface area contributed by atoms with Crippen LogP contribution in [0.2, 0.25) is 0 Å². The average molecular weight is 347 g/mol. The van der Waals surface area contributed by atoms with Crippen LogP contribution in [0.4, 0.5) is 0 Å². The van der Waals surface area contributed by atoms with Crippen molar-refractivity contribution in [1.82, 2.24) is 5.32 Å². The molecule has 106 valence electrons. The summed E-state index contributed by atoms with van der Waals surface area (Å²) in [5.41, 5.74) is 1.02. The van der Waals surface area contributed by atoms with Gasteiger partial charge in [-0.25, -0.2) is 0 Å². The number of rotatable bonds is 8. The van der Waals surface area contributed by atoms with Crippen molar-refractivity contribution in [2.75, 3.05) is 12.4 Å². The normalized spacial score (nSPS) is 12.2. The molecule has 0 aromatic heterocycles. The maximum Gasteiger partial charge on any atom is 0.224 e. The molecule has 0 heterocycles. The van der Waals surface area contributed by atoms with Crippen LogP contribution in [0.15, 0.2) is 28.7 Å². The SMILES string of the molecule is CCCC(CCCl)CNC(=O)Cc1cccc(Br)c1. The van der Waals surface area contributed by atoms with Gasteiger partial charge in [0.25, 0.3) is 0 Å². The van der Waals surface area contributed by atoms with E-state index in [0.717, 1.165) is 35.8 Å². The minimum atomic E-state index is 0.0776. The molecule has 1 aromatic carbocycles. The Kier molecular flexibility index (Phi) is 8.15. The zero-order chi connectivity index (χ0) is 14.1. The van der Waals surface area contributed by atoms with Gasteiger partial charge in [-0.2, -0.15) is 0 Å². The van der Waals surface area contributed by atoms with Crippen molar-refractivity contribution in [3.63, 3.8) is 0 Å². The van der Waals surface area contributed by atoms with Gasteiger partial charge in [0.15, 0.2) is 0 Å². The fourth-order valence-electron chi connectivity index (χ4n) is 2.06. The quantitative estimate of drug-likeness (QED) is 0.704. The number of alkyl halides is 1. The van der Waals surface area contributed by atoms with Gasteiger partial charge in [-0.05, 0) is 36.5 Å². The fraction of sp³-hybridized carbons (Fsp3) is 0.533. The van der Waals surface area contributed by atoms with Crippen LogP contribution < -0.4 is 5.32 Å². The fourth-order valence-corrected chi connectivity index (χ4v) is 2.82. The molecule has 19 heavy (non-hydrogen) atoms. The molecule has 0 saturated carbocycles. The Labute approximate surface area is 129 Å². The molecule has 0 spiro atoms. The lowest BCUT2D eigenvalue weighted by atomic mass is 10.0. The number of amides is 1. The van der Waals surface area contributed by atoms with E-state index >= 15 is 0 Å². The van der Waals surface area contributed by atoms with Crippen LogP contribution in [0, 0.1) is 5.92 Å². The van der Waals surface area contributed by atoms with Gasteiger partial charge >= 0.3 is 0 Å². The maximum atomic E-state index is 11.9. The average Bonchev–Trinajstić information content (AvgIpc) is 2.36.